The summed E-state index contributed by atoms with van der Waals surface area (Å²) in [6.45, 7) is 3.38. The molecule has 0 aliphatic carbocycles. The van der Waals surface area contributed by atoms with Crippen LogP contribution in [0.25, 0.3) is 16.6 Å². The molecule has 0 aliphatic rings. The van der Waals surface area contributed by atoms with Gasteiger partial charge in [-0.25, -0.2) is 19.7 Å². The number of amides is 2. The molecule has 0 spiro atoms. The fraction of sp³-hybridized carbons (Fsp3) is 0.150. The molecule has 0 saturated heterocycles. The average Bonchev–Trinajstić information content (AvgIpc) is 3.15. The number of hydrogen-bond donors (Lipinski definition) is 3. The highest BCUT2D eigenvalue weighted by molar-refractivity contribution is 5.97. The molecule has 4 aromatic rings. The highest BCUT2D eigenvalue weighted by Crippen LogP contribution is 2.31. The molecule has 9 heteroatoms. The largest absolute Gasteiger partial charge is 0.379 e. The van der Waals surface area contributed by atoms with Gasteiger partial charge in [-0.1, -0.05) is 12.1 Å². The van der Waals surface area contributed by atoms with E-state index in [2.05, 4.69) is 25.6 Å². The lowest BCUT2D eigenvalue weighted by Crippen LogP contribution is -2.26. The number of fused-ring (bicyclic) bond motifs is 2. The van der Waals surface area contributed by atoms with Crippen LogP contribution in [-0.2, 0) is 5.60 Å². The minimum atomic E-state index is -1.36. The molecule has 1 atom stereocenters. The minimum Gasteiger partial charge on any atom is -0.379 e. The van der Waals surface area contributed by atoms with Crippen LogP contribution >= 0.6 is 0 Å². The molecule has 0 saturated carbocycles. The van der Waals surface area contributed by atoms with Gasteiger partial charge in [0.05, 0.1) is 23.1 Å². The van der Waals surface area contributed by atoms with Gasteiger partial charge in [-0.15, -0.1) is 0 Å². The standard InChI is InChI=1S/C20H19N7O2/c1-12(24-25-19(21)28)15-7-8-18-23-11-17(27(18)26-15)20(2,29)14-5-6-16-13(10-14)4-3-9-22-16/h3-11,29H,1-2H3,(H3,21,25,28)/b24-12+. The molecule has 3 heterocycles. The SMILES string of the molecule is C/C(=N\NC(N)=O)c1ccc2ncc(C(C)(O)c3ccc4ncccc4c3)n2n1. The molecule has 0 fully saturated rings. The first-order chi connectivity index (χ1) is 13.9. The summed E-state index contributed by atoms with van der Waals surface area (Å²) in [7, 11) is 0. The second-order valence-electron chi connectivity index (χ2n) is 6.79. The number of carbonyl (C=O) groups is 1. The van der Waals surface area contributed by atoms with Gasteiger partial charge in [0.15, 0.2) is 5.65 Å². The van der Waals surface area contributed by atoms with E-state index in [1.54, 1.807) is 42.9 Å². The van der Waals surface area contributed by atoms with Crippen molar-refractivity contribution >= 4 is 28.3 Å². The Morgan fingerprint density at radius 3 is 2.86 bits per heavy atom. The second-order valence-corrected chi connectivity index (χ2v) is 6.79. The Bertz CT molecular complexity index is 1260. The fourth-order valence-electron chi connectivity index (χ4n) is 3.12. The van der Waals surface area contributed by atoms with Gasteiger partial charge in [-0.05, 0) is 49.7 Å². The van der Waals surface area contributed by atoms with E-state index in [9.17, 15) is 9.90 Å². The number of urea groups is 1. The summed E-state index contributed by atoms with van der Waals surface area (Å²) in [4.78, 5) is 19.5. The molecule has 3 aromatic heterocycles. The third-order valence-electron chi connectivity index (χ3n) is 4.73. The number of hydrogen-bond acceptors (Lipinski definition) is 6. The van der Waals surface area contributed by atoms with E-state index in [4.69, 9.17) is 5.73 Å². The maximum absolute atomic E-state index is 11.4. The Labute approximate surface area is 165 Å². The quantitative estimate of drug-likeness (QED) is 0.362. The molecule has 0 bridgehead atoms. The molecular weight excluding hydrogens is 370 g/mol. The number of benzene rings is 1. The van der Waals surface area contributed by atoms with Gasteiger partial charge >= 0.3 is 6.03 Å². The summed E-state index contributed by atoms with van der Waals surface area (Å²) in [6.07, 6.45) is 3.32. The van der Waals surface area contributed by atoms with E-state index in [-0.39, 0.29) is 0 Å². The highest BCUT2D eigenvalue weighted by atomic mass is 16.3. The number of hydrazone groups is 1. The third kappa shape index (κ3) is 3.39. The number of nitrogens with one attached hydrogen (secondary N) is 1. The zero-order valence-electron chi connectivity index (χ0n) is 15.9. The number of aromatic nitrogens is 4. The molecule has 1 unspecified atom stereocenters. The number of rotatable bonds is 4. The second kappa shape index (κ2) is 6.95. The Hall–Kier alpha value is -3.85. The molecule has 0 radical (unpaired) electrons. The molecule has 4 rings (SSSR count). The van der Waals surface area contributed by atoms with Crippen LogP contribution in [0, 0.1) is 0 Å². The molecule has 146 valence electrons. The van der Waals surface area contributed by atoms with Crippen molar-refractivity contribution < 1.29 is 9.90 Å². The van der Waals surface area contributed by atoms with Crippen molar-refractivity contribution in [2.45, 2.75) is 19.4 Å². The molecule has 2 amide bonds. The van der Waals surface area contributed by atoms with Gasteiger partial charge in [0.2, 0.25) is 0 Å². The van der Waals surface area contributed by atoms with Crippen molar-refractivity contribution in [3.63, 3.8) is 0 Å². The highest BCUT2D eigenvalue weighted by Gasteiger charge is 2.30. The number of primary amides is 1. The van der Waals surface area contributed by atoms with Crippen LogP contribution in [-0.4, -0.2) is 36.4 Å². The van der Waals surface area contributed by atoms with Gasteiger partial charge in [-0.3, -0.25) is 4.98 Å². The number of nitrogens with two attached hydrogens (primary N) is 1. The van der Waals surface area contributed by atoms with Crippen LogP contribution in [0.15, 0.2) is 60.0 Å². The molecule has 29 heavy (non-hydrogen) atoms. The Morgan fingerprint density at radius 1 is 1.24 bits per heavy atom. The van der Waals surface area contributed by atoms with Crippen molar-refractivity contribution in [2.75, 3.05) is 0 Å². The fourth-order valence-corrected chi connectivity index (χ4v) is 3.12. The first kappa shape index (κ1) is 18.5. The zero-order chi connectivity index (χ0) is 20.6. The molecule has 9 nitrogen and oxygen atoms in total. The first-order valence-corrected chi connectivity index (χ1v) is 8.89. The summed E-state index contributed by atoms with van der Waals surface area (Å²) in [6, 6.07) is 12.1. The third-order valence-corrected chi connectivity index (χ3v) is 4.73. The van der Waals surface area contributed by atoms with Crippen LogP contribution in [0.5, 0.6) is 0 Å². The maximum Gasteiger partial charge on any atom is 0.332 e. The predicted octanol–water partition coefficient (Wildman–Crippen LogP) is 1.93. The Morgan fingerprint density at radius 2 is 2.07 bits per heavy atom. The van der Waals surface area contributed by atoms with Gasteiger partial charge in [0, 0.05) is 11.6 Å². The molecule has 4 N–H and O–H groups in total. The van der Waals surface area contributed by atoms with E-state index < -0.39 is 11.6 Å². The van der Waals surface area contributed by atoms with Crippen molar-refractivity contribution in [3.8, 4) is 0 Å². The first-order valence-electron chi connectivity index (χ1n) is 8.89. The van der Waals surface area contributed by atoms with Crippen molar-refractivity contribution in [2.24, 2.45) is 10.8 Å². The monoisotopic (exact) mass is 389 g/mol. The van der Waals surface area contributed by atoms with Crippen LogP contribution in [0.1, 0.15) is 30.8 Å². The van der Waals surface area contributed by atoms with Crippen LogP contribution < -0.4 is 11.2 Å². The van der Waals surface area contributed by atoms with E-state index in [1.807, 2.05) is 30.3 Å². The topological polar surface area (TPSA) is 131 Å². The molecule has 1 aromatic carbocycles. The smallest absolute Gasteiger partial charge is 0.332 e. The molecule has 0 aliphatic heterocycles. The van der Waals surface area contributed by atoms with Crippen molar-refractivity contribution in [1.29, 1.82) is 0 Å². The zero-order valence-corrected chi connectivity index (χ0v) is 15.9. The van der Waals surface area contributed by atoms with E-state index in [1.165, 1.54) is 0 Å². The van der Waals surface area contributed by atoms with Crippen molar-refractivity contribution in [1.82, 2.24) is 25.0 Å². The van der Waals surface area contributed by atoms with Gasteiger partial charge in [0.25, 0.3) is 0 Å². The number of carbonyl (C=O) groups excluding carboxylic acids is 1. The lowest BCUT2D eigenvalue weighted by molar-refractivity contribution is 0.0954. The average molecular weight is 389 g/mol. The van der Waals surface area contributed by atoms with E-state index in [0.717, 1.165) is 10.9 Å². The number of pyridine rings is 1. The summed E-state index contributed by atoms with van der Waals surface area (Å²) in [5.74, 6) is 0. The summed E-state index contributed by atoms with van der Waals surface area (Å²) in [5, 5.41) is 20.7. The normalized spacial score (nSPS) is 14.1. The van der Waals surface area contributed by atoms with Gasteiger partial charge in [-0.2, -0.15) is 10.2 Å². The van der Waals surface area contributed by atoms with E-state index >= 15 is 0 Å². The lowest BCUT2D eigenvalue weighted by atomic mass is 9.92. The van der Waals surface area contributed by atoms with Crippen LogP contribution in [0.2, 0.25) is 0 Å². The predicted molar refractivity (Wildman–Crippen MR) is 108 cm³/mol. The summed E-state index contributed by atoms with van der Waals surface area (Å²) >= 11 is 0. The number of nitrogens with zero attached hydrogens (tertiary/aromatic N) is 5. The summed E-state index contributed by atoms with van der Waals surface area (Å²) < 4.78 is 1.56. The maximum atomic E-state index is 11.4. The van der Waals surface area contributed by atoms with Gasteiger partial charge < -0.3 is 10.8 Å². The lowest BCUT2D eigenvalue weighted by Gasteiger charge is -2.23. The van der Waals surface area contributed by atoms with Gasteiger partial charge in [0.1, 0.15) is 11.3 Å². The Balaban J connectivity index is 1.80. The van der Waals surface area contributed by atoms with E-state index in [0.29, 0.717) is 28.3 Å². The number of aliphatic hydroxyl groups is 1. The minimum absolute atomic E-state index is 0.460. The Kier molecular flexibility index (Phi) is 4.44. The molecular formula is C20H19N7O2. The summed E-state index contributed by atoms with van der Waals surface area (Å²) in [5.41, 5.74) is 9.44. The van der Waals surface area contributed by atoms with Crippen LogP contribution in [0.3, 0.4) is 0 Å². The van der Waals surface area contributed by atoms with Crippen molar-refractivity contribution in [3.05, 3.63) is 71.8 Å². The number of imidazole rings is 1. The van der Waals surface area contributed by atoms with Crippen LogP contribution in [0.4, 0.5) is 4.79 Å².